The molecule has 0 fully saturated rings. The molecule has 1 aromatic heterocycles. The second-order valence-corrected chi connectivity index (χ2v) is 2.54. The Bertz CT molecular complexity index is 220. The van der Waals surface area contributed by atoms with Crippen LogP contribution in [-0.2, 0) is 13.5 Å². The summed E-state index contributed by atoms with van der Waals surface area (Å²) in [6, 6.07) is 0. The predicted octanol–water partition coefficient (Wildman–Crippen LogP) is -0.918. The van der Waals surface area contributed by atoms with Crippen molar-refractivity contribution >= 4 is 0 Å². The molecular weight excluding hydrogens is 144 g/mol. The highest BCUT2D eigenvalue weighted by Crippen LogP contribution is 1.94. The first-order valence-corrected chi connectivity index (χ1v) is 3.58. The number of nitrogens with zero attached hydrogens (tertiary/aromatic N) is 1. The van der Waals surface area contributed by atoms with Crippen LogP contribution in [0.2, 0.25) is 0 Å². The molecule has 1 rings (SSSR count). The van der Waals surface area contributed by atoms with E-state index in [4.69, 9.17) is 10.2 Å². The van der Waals surface area contributed by atoms with Gasteiger partial charge in [0, 0.05) is 6.42 Å². The van der Waals surface area contributed by atoms with Crippen molar-refractivity contribution in [1.29, 1.82) is 0 Å². The van der Waals surface area contributed by atoms with Gasteiger partial charge in [-0.3, -0.25) is 0 Å². The number of aryl methyl sites for hydroxylation is 2. The van der Waals surface area contributed by atoms with Crippen molar-refractivity contribution in [3.8, 4) is 0 Å². The smallest absolute Gasteiger partial charge is 0.254 e. The summed E-state index contributed by atoms with van der Waals surface area (Å²) in [6.45, 7) is 0. The molecule has 0 amide bonds. The van der Waals surface area contributed by atoms with E-state index in [0.717, 1.165) is 5.82 Å². The van der Waals surface area contributed by atoms with Crippen molar-refractivity contribution in [3.05, 3.63) is 18.2 Å². The number of hydrogen-bond acceptors (Lipinski definition) is 2. The second-order valence-electron chi connectivity index (χ2n) is 2.54. The fourth-order valence-corrected chi connectivity index (χ4v) is 0.951. The topological polar surface area (TPSA) is 60.1 Å². The Morgan fingerprint density at radius 1 is 1.64 bits per heavy atom. The fourth-order valence-electron chi connectivity index (χ4n) is 0.951. The molecule has 0 aliphatic heterocycles. The Balaban J connectivity index is 2.44. The van der Waals surface area contributed by atoms with E-state index in [-0.39, 0.29) is 0 Å². The molecule has 11 heavy (non-hydrogen) atoms. The van der Waals surface area contributed by atoms with Gasteiger partial charge in [-0.1, -0.05) is 0 Å². The maximum absolute atomic E-state index is 8.57. The van der Waals surface area contributed by atoms with Crippen LogP contribution in [0.1, 0.15) is 12.2 Å². The SMILES string of the molecule is C[n+]1cc[nH]c1CCC(O)O. The lowest BCUT2D eigenvalue weighted by molar-refractivity contribution is -0.678. The quantitative estimate of drug-likeness (QED) is 0.392. The van der Waals surface area contributed by atoms with Gasteiger partial charge in [-0.2, -0.15) is 0 Å². The van der Waals surface area contributed by atoms with Crippen LogP contribution in [0.4, 0.5) is 0 Å². The Hall–Kier alpha value is -0.870. The number of H-pyrrole nitrogens is 1. The van der Waals surface area contributed by atoms with E-state index in [2.05, 4.69) is 4.98 Å². The molecule has 4 heteroatoms. The lowest BCUT2D eigenvalue weighted by Crippen LogP contribution is -2.30. The highest BCUT2D eigenvalue weighted by Gasteiger charge is 2.07. The summed E-state index contributed by atoms with van der Waals surface area (Å²) in [5.41, 5.74) is 0. The van der Waals surface area contributed by atoms with Gasteiger partial charge in [0.15, 0.2) is 6.29 Å². The third-order valence-corrected chi connectivity index (χ3v) is 1.61. The first-order valence-electron chi connectivity index (χ1n) is 3.58. The number of aliphatic hydroxyl groups is 2. The fraction of sp³-hybridized carbons (Fsp3) is 0.571. The number of aromatic amines is 1. The van der Waals surface area contributed by atoms with Gasteiger partial charge in [0.05, 0.1) is 13.5 Å². The van der Waals surface area contributed by atoms with Gasteiger partial charge in [0.2, 0.25) is 0 Å². The van der Waals surface area contributed by atoms with Crippen molar-refractivity contribution in [2.45, 2.75) is 19.1 Å². The minimum absolute atomic E-state index is 0.369. The summed E-state index contributed by atoms with van der Waals surface area (Å²) in [6.07, 6.45) is 3.52. The van der Waals surface area contributed by atoms with Crippen LogP contribution in [0.5, 0.6) is 0 Å². The molecule has 0 atom stereocenters. The van der Waals surface area contributed by atoms with Crippen molar-refractivity contribution in [2.75, 3.05) is 0 Å². The summed E-state index contributed by atoms with van der Waals surface area (Å²) in [5.74, 6) is 0.998. The summed E-state index contributed by atoms with van der Waals surface area (Å²) in [5, 5.41) is 17.1. The highest BCUT2D eigenvalue weighted by molar-refractivity contribution is 4.76. The maximum atomic E-state index is 8.57. The van der Waals surface area contributed by atoms with E-state index in [1.165, 1.54) is 0 Å². The van der Waals surface area contributed by atoms with Crippen LogP contribution in [0.25, 0.3) is 0 Å². The van der Waals surface area contributed by atoms with Crippen LogP contribution in [-0.4, -0.2) is 21.5 Å². The van der Waals surface area contributed by atoms with Gasteiger partial charge < -0.3 is 10.2 Å². The molecule has 0 aliphatic rings. The number of nitrogens with one attached hydrogen (secondary N) is 1. The molecule has 0 radical (unpaired) electrons. The van der Waals surface area contributed by atoms with E-state index in [1.54, 1.807) is 0 Å². The van der Waals surface area contributed by atoms with E-state index in [1.807, 2.05) is 24.0 Å². The van der Waals surface area contributed by atoms with Gasteiger partial charge in [-0.15, -0.1) is 0 Å². The predicted molar refractivity (Wildman–Crippen MR) is 38.5 cm³/mol. The molecule has 4 nitrogen and oxygen atoms in total. The normalized spacial score (nSPS) is 10.9. The number of imidazole rings is 1. The van der Waals surface area contributed by atoms with Gasteiger partial charge >= 0.3 is 0 Å². The molecule has 3 N–H and O–H groups in total. The molecule has 1 heterocycles. The van der Waals surface area contributed by atoms with Crippen LogP contribution >= 0.6 is 0 Å². The van der Waals surface area contributed by atoms with E-state index in [0.29, 0.717) is 12.8 Å². The van der Waals surface area contributed by atoms with Crippen LogP contribution in [0, 0.1) is 0 Å². The molecule has 1 aromatic rings. The summed E-state index contributed by atoms with van der Waals surface area (Å²) in [4.78, 5) is 3.00. The maximum Gasteiger partial charge on any atom is 0.254 e. The first kappa shape index (κ1) is 8.23. The number of hydrogen-bond donors (Lipinski definition) is 3. The number of rotatable bonds is 3. The zero-order valence-electron chi connectivity index (χ0n) is 6.49. The van der Waals surface area contributed by atoms with Crippen molar-refractivity contribution in [1.82, 2.24) is 4.98 Å². The Morgan fingerprint density at radius 3 is 2.82 bits per heavy atom. The van der Waals surface area contributed by atoms with Gasteiger partial charge in [-0.25, -0.2) is 9.55 Å². The molecule has 62 valence electrons. The van der Waals surface area contributed by atoms with Crippen molar-refractivity contribution in [3.63, 3.8) is 0 Å². The summed E-state index contributed by atoms with van der Waals surface area (Å²) >= 11 is 0. The summed E-state index contributed by atoms with van der Waals surface area (Å²) in [7, 11) is 1.91. The first-order chi connectivity index (χ1) is 5.20. The van der Waals surface area contributed by atoms with Crippen LogP contribution < -0.4 is 4.57 Å². The van der Waals surface area contributed by atoms with Gasteiger partial charge in [0.1, 0.15) is 12.4 Å². The van der Waals surface area contributed by atoms with Crippen LogP contribution in [0.3, 0.4) is 0 Å². The second kappa shape index (κ2) is 3.50. The third kappa shape index (κ3) is 2.32. The molecule has 0 bridgehead atoms. The molecule has 0 aliphatic carbocycles. The minimum Gasteiger partial charge on any atom is -0.368 e. The van der Waals surface area contributed by atoms with Crippen molar-refractivity contribution in [2.24, 2.45) is 7.05 Å². The molecule has 0 spiro atoms. The number of aromatic nitrogens is 2. The van der Waals surface area contributed by atoms with E-state index < -0.39 is 6.29 Å². The molecule has 0 unspecified atom stereocenters. The lowest BCUT2D eigenvalue weighted by atomic mass is 10.3. The van der Waals surface area contributed by atoms with Crippen LogP contribution in [0.15, 0.2) is 12.4 Å². The molecule has 0 saturated carbocycles. The highest BCUT2D eigenvalue weighted by atomic mass is 16.5. The van der Waals surface area contributed by atoms with Gasteiger partial charge in [0.25, 0.3) is 5.82 Å². The lowest BCUT2D eigenvalue weighted by Gasteiger charge is -1.98. The Labute approximate surface area is 65.1 Å². The van der Waals surface area contributed by atoms with Crippen molar-refractivity contribution < 1.29 is 14.8 Å². The standard InChI is InChI=1S/C7H12N2O2/c1-9-5-4-8-6(9)2-3-7(10)11/h4-5,7,10-11H,2-3H2,1H3/p+1. The minimum atomic E-state index is -1.21. The van der Waals surface area contributed by atoms with Gasteiger partial charge in [-0.05, 0) is 0 Å². The zero-order chi connectivity index (χ0) is 8.27. The molecule has 0 aromatic carbocycles. The Kier molecular flexibility index (Phi) is 2.62. The third-order valence-electron chi connectivity index (χ3n) is 1.61. The van der Waals surface area contributed by atoms with E-state index in [9.17, 15) is 0 Å². The molecular formula is C7H13N2O2+. The average Bonchev–Trinajstić information content (AvgIpc) is 2.31. The zero-order valence-corrected chi connectivity index (χ0v) is 6.49. The monoisotopic (exact) mass is 157 g/mol. The average molecular weight is 157 g/mol. The van der Waals surface area contributed by atoms with E-state index >= 15 is 0 Å². The largest absolute Gasteiger partial charge is 0.368 e. The number of aliphatic hydroxyl groups excluding tert-OH is 1. The molecule has 0 saturated heterocycles. The Morgan fingerprint density at radius 2 is 2.36 bits per heavy atom. The summed E-state index contributed by atoms with van der Waals surface area (Å²) < 4.78 is 1.92.